The van der Waals surface area contributed by atoms with Crippen molar-refractivity contribution in [1.82, 2.24) is 30.7 Å². The number of likely N-dealkylation sites (tertiary alicyclic amines) is 1. The molecule has 3 N–H and O–H groups in total. The number of piperidine rings is 1. The number of hydrogen-bond acceptors (Lipinski definition) is 11. The highest BCUT2D eigenvalue weighted by Crippen LogP contribution is 2.32. The van der Waals surface area contributed by atoms with Crippen LogP contribution in [-0.2, 0) is 35.0 Å². The standard InChI is InChI=1S/C49H79FN6O8S/c1-13-23-56(46(59)42(32(6)15-3)54-44(58)39-18-16-17-24-55(39)12)40(31(4)5)28-41(62-25-14-2)45-53-38(30-65-45)43(57)52-37(27-35-19-21-36(50)22-20-35)26-33(7)47(60)63-34(8)29-51-48(61)64-49(9,10)11/h19-22,30-34,37,39-42H,13-18,23-29H2,1-12H3,(H,51,61)(H,52,57)(H,54,58)/t32-,33-,34?,37+,39+,40+,41+,42-/m0/s1. The second-order valence-electron chi connectivity index (χ2n) is 19.1. The monoisotopic (exact) mass is 931 g/mol. The number of amides is 4. The van der Waals surface area contributed by atoms with Gasteiger partial charge < -0.3 is 35.1 Å². The SMILES string of the molecule is CCCO[C@H](C[C@H](C(C)C)N(CCC)C(=O)[C@@H](NC(=O)[C@H]1CCCCN1C)[C@@H](C)CC)c1nc(C(=O)N[C@@H](Cc2ccc(F)cc2)C[C@H](C)C(=O)OC(C)CNC(=O)OC(C)(C)C)cs1. The van der Waals surface area contributed by atoms with Crippen molar-refractivity contribution in [1.29, 1.82) is 0 Å². The molecule has 4 amide bonds. The zero-order valence-corrected chi connectivity index (χ0v) is 42.0. The fraction of sp³-hybridized carbons (Fsp3) is 0.714. The fourth-order valence-corrected chi connectivity index (χ4v) is 8.85. The van der Waals surface area contributed by atoms with E-state index in [0.717, 1.165) is 50.6 Å². The largest absolute Gasteiger partial charge is 0.461 e. The first-order valence-electron chi connectivity index (χ1n) is 23.8. The van der Waals surface area contributed by atoms with E-state index in [9.17, 15) is 28.4 Å². The van der Waals surface area contributed by atoms with E-state index in [0.29, 0.717) is 31.0 Å². The Labute approximate surface area is 391 Å². The van der Waals surface area contributed by atoms with Gasteiger partial charge >= 0.3 is 12.1 Å². The maximum Gasteiger partial charge on any atom is 0.407 e. The van der Waals surface area contributed by atoms with Crippen molar-refractivity contribution in [3.05, 3.63) is 51.7 Å². The molecule has 8 atom stereocenters. The normalized spacial score (nSPS) is 17.8. The summed E-state index contributed by atoms with van der Waals surface area (Å²) in [5.74, 6) is -2.23. The summed E-state index contributed by atoms with van der Waals surface area (Å²) in [5, 5.41) is 11.2. The van der Waals surface area contributed by atoms with E-state index in [1.165, 1.54) is 23.5 Å². The third kappa shape index (κ3) is 18.2. The predicted octanol–water partition coefficient (Wildman–Crippen LogP) is 8.24. The van der Waals surface area contributed by atoms with Crippen molar-refractivity contribution in [2.45, 2.75) is 176 Å². The summed E-state index contributed by atoms with van der Waals surface area (Å²) in [6, 6.07) is 4.23. The molecule has 2 heterocycles. The smallest absolute Gasteiger partial charge is 0.407 e. The van der Waals surface area contributed by atoms with Crippen LogP contribution in [0.15, 0.2) is 29.6 Å². The first kappa shape index (κ1) is 55.2. The quantitative estimate of drug-likeness (QED) is 0.0825. The first-order chi connectivity index (χ1) is 30.7. The van der Waals surface area contributed by atoms with Crippen LogP contribution in [0.4, 0.5) is 9.18 Å². The lowest BCUT2D eigenvalue weighted by Crippen LogP contribution is -2.58. The van der Waals surface area contributed by atoms with Gasteiger partial charge in [-0.05, 0) is 109 Å². The number of nitrogens with zero attached hydrogens (tertiary/aromatic N) is 3. The van der Waals surface area contributed by atoms with E-state index in [-0.39, 0.29) is 60.2 Å². The average Bonchev–Trinajstić information content (AvgIpc) is 3.74. The minimum atomic E-state index is -0.683. The number of thiazole rings is 1. The number of benzene rings is 1. The Balaban J connectivity index is 1.83. The highest BCUT2D eigenvalue weighted by atomic mass is 32.1. The molecule has 2 aromatic rings. The molecule has 0 spiro atoms. The van der Waals surface area contributed by atoms with Gasteiger partial charge in [-0.25, -0.2) is 14.2 Å². The van der Waals surface area contributed by atoms with Crippen molar-refractivity contribution in [3.63, 3.8) is 0 Å². The van der Waals surface area contributed by atoms with Crippen LogP contribution < -0.4 is 16.0 Å². The van der Waals surface area contributed by atoms with Crippen LogP contribution in [0.2, 0.25) is 0 Å². The molecule has 1 saturated heterocycles. The topological polar surface area (TPSA) is 168 Å². The van der Waals surface area contributed by atoms with Gasteiger partial charge in [0.1, 0.15) is 40.4 Å². The van der Waals surface area contributed by atoms with E-state index in [1.54, 1.807) is 52.1 Å². The lowest BCUT2D eigenvalue weighted by molar-refractivity contribution is -0.152. The molecule has 3 rings (SSSR count). The van der Waals surface area contributed by atoms with Gasteiger partial charge in [-0.1, -0.05) is 73.4 Å². The van der Waals surface area contributed by atoms with Gasteiger partial charge in [-0.2, -0.15) is 0 Å². The molecule has 1 fully saturated rings. The first-order valence-corrected chi connectivity index (χ1v) is 24.7. The number of carbonyl (C=O) groups is 5. The number of hydrogen-bond donors (Lipinski definition) is 3. The van der Waals surface area contributed by atoms with Crippen LogP contribution >= 0.6 is 11.3 Å². The van der Waals surface area contributed by atoms with Gasteiger partial charge in [0.15, 0.2) is 0 Å². The maximum absolute atomic E-state index is 14.7. The molecule has 0 radical (unpaired) electrons. The third-order valence-electron chi connectivity index (χ3n) is 11.8. The Morgan fingerprint density at radius 1 is 0.969 bits per heavy atom. The molecule has 366 valence electrons. The summed E-state index contributed by atoms with van der Waals surface area (Å²) in [6.07, 6.45) is 4.16. The Kier molecular flexibility index (Phi) is 22.8. The molecule has 14 nitrogen and oxygen atoms in total. The Bertz CT molecular complexity index is 1800. The Morgan fingerprint density at radius 3 is 2.26 bits per heavy atom. The summed E-state index contributed by atoms with van der Waals surface area (Å²) in [6.45, 7) is 22.8. The number of esters is 1. The Morgan fingerprint density at radius 2 is 1.66 bits per heavy atom. The van der Waals surface area contributed by atoms with Gasteiger partial charge in [-0.3, -0.25) is 24.1 Å². The van der Waals surface area contributed by atoms with Gasteiger partial charge in [0.25, 0.3) is 5.91 Å². The van der Waals surface area contributed by atoms with E-state index in [2.05, 4.69) is 34.7 Å². The molecular weight excluding hydrogens is 852 g/mol. The molecule has 0 bridgehead atoms. The van der Waals surface area contributed by atoms with Crippen LogP contribution in [0.1, 0.15) is 155 Å². The molecule has 1 unspecified atom stereocenters. The molecule has 65 heavy (non-hydrogen) atoms. The van der Waals surface area contributed by atoms with Crippen LogP contribution in [0, 0.1) is 23.6 Å². The lowest BCUT2D eigenvalue weighted by Gasteiger charge is -2.40. The zero-order chi connectivity index (χ0) is 48.4. The molecule has 1 aromatic heterocycles. The second kappa shape index (κ2) is 26.9. The number of halogens is 1. The molecule has 1 aliphatic heterocycles. The van der Waals surface area contributed by atoms with Gasteiger partial charge in [0.2, 0.25) is 11.8 Å². The molecule has 0 saturated carbocycles. The van der Waals surface area contributed by atoms with Crippen molar-refractivity contribution in [2.24, 2.45) is 17.8 Å². The number of aromatic nitrogens is 1. The fourth-order valence-electron chi connectivity index (χ4n) is 7.99. The highest BCUT2D eigenvalue weighted by Gasteiger charge is 2.38. The molecule has 1 aliphatic rings. The number of ether oxygens (including phenoxy) is 3. The molecule has 16 heteroatoms. The summed E-state index contributed by atoms with van der Waals surface area (Å²) in [7, 11) is 1.97. The van der Waals surface area contributed by atoms with Gasteiger partial charge in [0, 0.05) is 37.0 Å². The van der Waals surface area contributed by atoms with E-state index in [1.807, 2.05) is 39.6 Å². The summed E-state index contributed by atoms with van der Waals surface area (Å²) in [5.41, 5.74) is 0.278. The highest BCUT2D eigenvalue weighted by molar-refractivity contribution is 7.09. The van der Waals surface area contributed by atoms with E-state index >= 15 is 0 Å². The number of nitrogens with one attached hydrogen (secondary N) is 3. The van der Waals surface area contributed by atoms with E-state index < -0.39 is 53.8 Å². The lowest BCUT2D eigenvalue weighted by atomic mass is 9.92. The number of carbonyl (C=O) groups excluding carboxylic acids is 5. The van der Waals surface area contributed by atoms with Crippen molar-refractivity contribution < 1.29 is 42.6 Å². The second-order valence-corrected chi connectivity index (χ2v) is 20.0. The molecule has 1 aromatic carbocycles. The average molecular weight is 931 g/mol. The van der Waals surface area contributed by atoms with Gasteiger partial charge in [0.05, 0.1) is 18.5 Å². The minimum absolute atomic E-state index is 0.0313. The van der Waals surface area contributed by atoms with E-state index in [4.69, 9.17) is 19.2 Å². The van der Waals surface area contributed by atoms with Crippen molar-refractivity contribution >= 4 is 41.1 Å². The summed E-state index contributed by atoms with van der Waals surface area (Å²) in [4.78, 5) is 76.7. The predicted molar refractivity (Wildman–Crippen MR) is 253 cm³/mol. The minimum Gasteiger partial charge on any atom is -0.461 e. The van der Waals surface area contributed by atoms with Crippen LogP contribution in [0.5, 0.6) is 0 Å². The van der Waals surface area contributed by atoms with Crippen LogP contribution in [0.25, 0.3) is 0 Å². The maximum atomic E-state index is 14.7. The van der Waals surface area contributed by atoms with Crippen molar-refractivity contribution in [3.8, 4) is 0 Å². The third-order valence-corrected chi connectivity index (χ3v) is 12.7. The number of alkyl carbamates (subject to hydrolysis) is 1. The number of rotatable bonds is 25. The Hall–Kier alpha value is -4.15. The van der Waals surface area contributed by atoms with Gasteiger partial charge in [-0.15, -0.1) is 11.3 Å². The summed E-state index contributed by atoms with van der Waals surface area (Å²) >= 11 is 1.31. The molecular formula is C49H79FN6O8S. The van der Waals surface area contributed by atoms with Crippen molar-refractivity contribution in [2.75, 3.05) is 33.3 Å². The molecule has 0 aliphatic carbocycles. The zero-order valence-electron chi connectivity index (χ0n) is 41.2. The number of likely N-dealkylation sites (N-methyl/N-ethyl adjacent to an activating group) is 1. The summed E-state index contributed by atoms with van der Waals surface area (Å²) < 4.78 is 31.2. The van der Waals surface area contributed by atoms with Crippen LogP contribution in [0.3, 0.4) is 0 Å². The van der Waals surface area contributed by atoms with Crippen LogP contribution in [-0.4, -0.2) is 114 Å².